The van der Waals surface area contributed by atoms with E-state index in [-0.39, 0.29) is 25.7 Å². The van der Waals surface area contributed by atoms with Gasteiger partial charge < -0.3 is 33.8 Å². The van der Waals surface area contributed by atoms with Crippen molar-refractivity contribution in [2.24, 2.45) is 0 Å². The van der Waals surface area contributed by atoms with Crippen LogP contribution in [0.25, 0.3) is 0 Å². The van der Waals surface area contributed by atoms with Crippen molar-refractivity contribution in [1.29, 1.82) is 0 Å². The zero-order valence-corrected chi connectivity index (χ0v) is 59.2. The van der Waals surface area contributed by atoms with Gasteiger partial charge in [0.1, 0.15) is 19.3 Å². The van der Waals surface area contributed by atoms with Gasteiger partial charge in [-0.05, 0) is 25.7 Å². The third-order valence-corrected chi connectivity index (χ3v) is 18.3. The van der Waals surface area contributed by atoms with Crippen molar-refractivity contribution in [1.82, 2.24) is 0 Å². The molecule has 0 aromatic carbocycles. The van der Waals surface area contributed by atoms with E-state index in [2.05, 4.69) is 27.7 Å². The van der Waals surface area contributed by atoms with E-state index in [1.165, 1.54) is 199 Å². The van der Waals surface area contributed by atoms with Crippen LogP contribution in [-0.4, -0.2) is 96.7 Å². The van der Waals surface area contributed by atoms with Crippen LogP contribution in [0.4, 0.5) is 0 Å². The van der Waals surface area contributed by atoms with Gasteiger partial charge in [-0.1, -0.05) is 317 Å². The fourth-order valence-electron chi connectivity index (χ4n) is 10.7. The van der Waals surface area contributed by atoms with Crippen molar-refractivity contribution in [2.75, 3.05) is 39.6 Å². The van der Waals surface area contributed by atoms with Crippen molar-refractivity contribution >= 4 is 39.5 Å². The predicted octanol–water partition coefficient (Wildman–Crippen LogP) is 20.3. The molecule has 0 spiro atoms. The molecule has 17 nitrogen and oxygen atoms in total. The summed E-state index contributed by atoms with van der Waals surface area (Å²) >= 11 is 0. The molecule has 0 aliphatic heterocycles. The maximum Gasteiger partial charge on any atom is 0.472 e. The highest BCUT2D eigenvalue weighted by Gasteiger charge is 2.30. The number of phosphoric ester groups is 2. The van der Waals surface area contributed by atoms with Crippen LogP contribution < -0.4 is 0 Å². The largest absolute Gasteiger partial charge is 0.472 e. The summed E-state index contributed by atoms with van der Waals surface area (Å²) < 4.78 is 68.3. The molecule has 0 rings (SSSR count). The van der Waals surface area contributed by atoms with E-state index >= 15 is 0 Å². The molecule has 0 saturated heterocycles. The van der Waals surface area contributed by atoms with Crippen LogP contribution in [0.15, 0.2) is 0 Å². The summed E-state index contributed by atoms with van der Waals surface area (Å²) in [5.74, 6) is -2.12. The first-order chi connectivity index (χ1) is 43.2. The number of carbonyl (C=O) groups is 4. The highest BCUT2D eigenvalue weighted by Crippen LogP contribution is 2.45. The number of aliphatic hydroxyl groups excluding tert-OH is 1. The molecule has 19 heteroatoms. The Morgan fingerprint density at radius 1 is 0.270 bits per heavy atom. The van der Waals surface area contributed by atoms with Crippen LogP contribution in [0.5, 0.6) is 0 Å². The molecule has 0 bridgehead atoms. The third-order valence-electron chi connectivity index (χ3n) is 16.4. The Kier molecular flexibility index (Phi) is 63.3. The summed E-state index contributed by atoms with van der Waals surface area (Å²) in [7, 11) is -9.89. The monoisotopic (exact) mass is 1310 g/mol. The van der Waals surface area contributed by atoms with E-state index < -0.39 is 97.5 Å². The molecule has 528 valence electrons. The first kappa shape index (κ1) is 87.1. The fourth-order valence-corrected chi connectivity index (χ4v) is 12.3. The molecule has 2 unspecified atom stereocenters. The third kappa shape index (κ3) is 64.6. The molecule has 0 aliphatic carbocycles. The first-order valence-electron chi connectivity index (χ1n) is 36.8. The van der Waals surface area contributed by atoms with Crippen LogP contribution in [-0.2, 0) is 65.4 Å². The minimum absolute atomic E-state index is 0.108. The van der Waals surface area contributed by atoms with E-state index in [4.69, 9.17) is 37.0 Å². The second-order valence-corrected chi connectivity index (χ2v) is 28.2. The van der Waals surface area contributed by atoms with Crippen molar-refractivity contribution in [3.63, 3.8) is 0 Å². The van der Waals surface area contributed by atoms with Crippen LogP contribution in [0.2, 0.25) is 0 Å². The highest BCUT2D eigenvalue weighted by atomic mass is 31.2. The average molecular weight is 1310 g/mol. The van der Waals surface area contributed by atoms with Crippen LogP contribution in [0.1, 0.15) is 368 Å². The fraction of sp³-hybridized carbons (Fsp3) is 0.943. The quantitative estimate of drug-likeness (QED) is 0.0222. The summed E-state index contributed by atoms with van der Waals surface area (Å²) in [4.78, 5) is 72.5. The van der Waals surface area contributed by atoms with Crippen LogP contribution in [0, 0.1) is 0 Å². The van der Waals surface area contributed by atoms with Gasteiger partial charge in [0.2, 0.25) is 0 Å². The van der Waals surface area contributed by atoms with Gasteiger partial charge in [0.25, 0.3) is 0 Å². The Bertz CT molecular complexity index is 1710. The molecule has 89 heavy (non-hydrogen) atoms. The molecular formula is C70H136O17P2. The number of phosphoric acid groups is 2. The second kappa shape index (κ2) is 64.8. The van der Waals surface area contributed by atoms with E-state index in [0.717, 1.165) is 89.9 Å². The van der Waals surface area contributed by atoms with Gasteiger partial charge in [-0.3, -0.25) is 37.3 Å². The Morgan fingerprint density at radius 2 is 0.449 bits per heavy atom. The van der Waals surface area contributed by atoms with Crippen LogP contribution >= 0.6 is 15.6 Å². The lowest BCUT2D eigenvalue weighted by Gasteiger charge is -2.21. The lowest BCUT2D eigenvalue weighted by atomic mass is 10.0. The minimum atomic E-state index is -4.95. The lowest BCUT2D eigenvalue weighted by molar-refractivity contribution is -0.161. The number of rotatable bonds is 71. The molecule has 0 amide bonds. The van der Waals surface area contributed by atoms with Crippen molar-refractivity contribution in [2.45, 2.75) is 386 Å². The standard InChI is InChI=1S/C70H136O17P2/c1-5-9-13-17-21-25-29-31-32-34-37-41-45-49-53-57-70(75)87-66(61-81-68(73)55-51-47-43-39-36-33-30-26-22-18-14-10-6-2)63-85-89(78,79)83-59-64(71)58-82-88(76,77)84-62-65(60-80-67(72)54-50-46-42-38-28-24-20-16-12-8-4)86-69(74)56-52-48-44-40-35-27-23-19-15-11-7-3/h64-66,71H,5-63H2,1-4H3,(H,76,77)(H,78,79)/t64-,65+,66+/m0/s1. The molecule has 5 atom stereocenters. The number of hydrogen-bond donors (Lipinski definition) is 3. The zero-order chi connectivity index (χ0) is 65.4. The van der Waals surface area contributed by atoms with Crippen LogP contribution in [0.3, 0.4) is 0 Å². The highest BCUT2D eigenvalue weighted by molar-refractivity contribution is 7.47. The number of hydrogen-bond acceptors (Lipinski definition) is 15. The average Bonchev–Trinajstić information content (AvgIpc) is 3.56. The minimum Gasteiger partial charge on any atom is -0.462 e. The second-order valence-electron chi connectivity index (χ2n) is 25.3. The molecular weight excluding hydrogens is 1170 g/mol. The summed E-state index contributed by atoms with van der Waals surface area (Å²) in [6.07, 6.45) is 52.5. The lowest BCUT2D eigenvalue weighted by Crippen LogP contribution is -2.30. The maximum absolute atomic E-state index is 13.0. The van der Waals surface area contributed by atoms with E-state index in [0.29, 0.717) is 25.7 Å². The molecule has 3 N–H and O–H groups in total. The maximum atomic E-state index is 13.0. The van der Waals surface area contributed by atoms with E-state index in [1.807, 2.05) is 0 Å². The number of ether oxygens (including phenoxy) is 4. The van der Waals surface area contributed by atoms with E-state index in [9.17, 15) is 43.2 Å². The van der Waals surface area contributed by atoms with Gasteiger partial charge in [-0.15, -0.1) is 0 Å². The number of esters is 4. The van der Waals surface area contributed by atoms with Crippen molar-refractivity contribution in [3.8, 4) is 0 Å². The molecule has 0 heterocycles. The molecule has 0 radical (unpaired) electrons. The smallest absolute Gasteiger partial charge is 0.462 e. The van der Waals surface area contributed by atoms with Gasteiger partial charge >= 0.3 is 39.5 Å². The Labute approximate surface area is 543 Å². The summed E-state index contributed by atoms with van der Waals surface area (Å²) in [5, 5.41) is 10.6. The van der Waals surface area contributed by atoms with Gasteiger partial charge in [0, 0.05) is 25.7 Å². The van der Waals surface area contributed by atoms with E-state index in [1.54, 1.807) is 0 Å². The Balaban J connectivity index is 5.24. The summed E-state index contributed by atoms with van der Waals surface area (Å²) in [6.45, 7) is 4.94. The zero-order valence-electron chi connectivity index (χ0n) is 57.4. The van der Waals surface area contributed by atoms with Gasteiger partial charge in [-0.25, -0.2) is 9.13 Å². The van der Waals surface area contributed by atoms with Crippen molar-refractivity contribution in [3.05, 3.63) is 0 Å². The molecule has 0 aliphatic rings. The van der Waals surface area contributed by atoms with Gasteiger partial charge in [-0.2, -0.15) is 0 Å². The topological polar surface area (TPSA) is 237 Å². The first-order valence-corrected chi connectivity index (χ1v) is 39.8. The Morgan fingerprint density at radius 3 is 0.663 bits per heavy atom. The summed E-state index contributed by atoms with van der Waals surface area (Å²) in [6, 6.07) is 0. The van der Waals surface area contributed by atoms with Gasteiger partial charge in [0.05, 0.1) is 26.4 Å². The number of unbranched alkanes of at least 4 members (excludes halogenated alkanes) is 45. The van der Waals surface area contributed by atoms with Crippen molar-refractivity contribution < 1.29 is 80.2 Å². The SMILES string of the molecule is CCCCCCCCCCCCCCCCCC(=O)O[C@H](COC(=O)CCCCCCCCCCCCCCC)COP(=O)(O)OC[C@@H](O)COP(=O)(O)OC[C@@H](COC(=O)CCCCCCCCCCCC)OC(=O)CCCCCCCCCCCCC. The molecule has 0 aromatic rings. The Hall–Kier alpha value is -1.94. The number of carbonyl (C=O) groups excluding carboxylic acids is 4. The molecule has 0 fully saturated rings. The van der Waals surface area contributed by atoms with Gasteiger partial charge in [0.15, 0.2) is 12.2 Å². The number of aliphatic hydroxyl groups is 1. The normalized spacial score (nSPS) is 14.0. The molecule has 0 saturated carbocycles. The molecule has 0 aromatic heterocycles. The predicted molar refractivity (Wildman–Crippen MR) is 359 cm³/mol. The summed E-state index contributed by atoms with van der Waals surface area (Å²) in [5.41, 5.74) is 0.